The van der Waals surface area contributed by atoms with E-state index in [1.54, 1.807) is 6.92 Å². The van der Waals surface area contributed by atoms with Gasteiger partial charge in [0, 0.05) is 0 Å². The molecular weight excluding hydrogens is 224 g/mol. The Kier molecular flexibility index (Phi) is 4.22. The number of carbonyl (C=O) groups is 3. The number of hydrogen-bond donors (Lipinski definition) is 3. The van der Waals surface area contributed by atoms with E-state index < -0.39 is 29.4 Å². The van der Waals surface area contributed by atoms with Crippen molar-refractivity contribution in [3.63, 3.8) is 0 Å². The maximum absolute atomic E-state index is 11.8. The van der Waals surface area contributed by atoms with Crippen LogP contribution >= 0.6 is 0 Å². The first-order valence-corrected chi connectivity index (χ1v) is 5.81. The Hall–Kier alpha value is -1.43. The van der Waals surface area contributed by atoms with E-state index in [4.69, 9.17) is 0 Å². The summed E-state index contributed by atoms with van der Waals surface area (Å²) in [5.74, 6) is -1.14. The average Bonchev–Trinajstić information content (AvgIpc) is 2.28. The smallest absolute Gasteiger partial charge is 0.328 e. The Labute approximate surface area is 99.8 Å². The van der Waals surface area contributed by atoms with Crippen molar-refractivity contribution in [1.82, 2.24) is 10.6 Å². The van der Waals surface area contributed by atoms with Crippen LogP contribution in [0.3, 0.4) is 0 Å². The highest BCUT2D eigenvalue weighted by Gasteiger charge is 2.48. The van der Waals surface area contributed by atoms with Crippen LogP contribution in [0.15, 0.2) is 0 Å². The van der Waals surface area contributed by atoms with E-state index in [0.717, 1.165) is 0 Å². The Balaban J connectivity index is 2.82. The van der Waals surface area contributed by atoms with E-state index in [-0.39, 0.29) is 6.42 Å². The molecule has 1 rings (SSSR count). The van der Waals surface area contributed by atoms with Crippen LogP contribution in [-0.2, 0) is 9.59 Å². The highest BCUT2D eigenvalue weighted by molar-refractivity contribution is 6.19. The Morgan fingerprint density at radius 3 is 2.12 bits per heavy atom. The van der Waals surface area contributed by atoms with Crippen LogP contribution in [-0.4, -0.2) is 29.1 Å². The summed E-state index contributed by atoms with van der Waals surface area (Å²) in [7, 11) is 0. The van der Waals surface area contributed by atoms with Gasteiger partial charge in [-0.05, 0) is 25.7 Å². The Bertz CT molecular complexity index is 320. The molecule has 0 saturated carbocycles. The van der Waals surface area contributed by atoms with Crippen LogP contribution < -0.4 is 10.6 Å². The molecule has 1 saturated heterocycles. The van der Waals surface area contributed by atoms with Crippen LogP contribution in [0, 0.1) is 5.41 Å². The van der Waals surface area contributed by atoms with Crippen molar-refractivity contribution in [1.29, 1.82) is 0 Å². The minimum atomic E-state index is -1.23. The van der Waals surface area contributed by atoms with Crippen molar-refractivity contribution in [3.8, 4) is 0 Å². The highest BCUT2D eigenvalue weighted by atomic mass is 16.3. The zero-order valence-electron chi connectivity index (χ0n) is 10.1. The van der Waals surface area contributed by atoms with Gasteiger partial charge in [-0.2, -0.15) is 0 Å². The van der Waals surface area contributed by atoms with Gasteiger partial charge in [-0.25, -0.2) is 4.79 Å². The van der Waals surface area contributed by atoms with Crippen LogP contribution in [0.25, 0.3) is 0 Å². The van der Waals surface area contributed by atoms with E-state index in [1.165, 1.54) is 0 Å². The molecule has 1 aliphatic rings. The fourth-order valence-electron chi connectivity index (χ4n) is 1.92. The van der Waals surface area contributed by atoms with Crippen LogP contribution in [0.2, 0.25) is 0 Å². The Morgan fingerprint density at radius 2 is 1.71 bits per heavy atom. The van der Waals surface area contributed by atoms with Crippen molar-refractivity contribution in [2.75, 3.05) is 0 Å². The number of nitrogens with one attached hydrogen (secondary N) is 2. The van der Waals surface area contributed by atoms with Crippen LogP contribution in [0.1, 0.15) is 39.5 Å². The van der Waals surface area contributed by atoms with Crippen molar-refractivity contribution < 1.29 is 19.5 Å². The summed E-state index contributed by atoms with van der Waals surface area (Å²) in [4.78, 5) is 34.6. The van der Waals surface area contributed by atoms with Crippen molar-refractivity contribution in [2.45, 2.75) is 45.6 Å². The number of hydrogen-bond acceptors (Lipinski definition) is 4. The molecule has 1 atom stereocenters. The van der Waals surface area contributed by atoms with Gasteiger partial charge in [-0.15, -0.1) is 0 Å². The van der Waals surface area contributed by atoms with Gasteiger partial charge in [0.1, 0.15) is 5.41 Å². The van der Waals surface area contributed by atoms with E-state index >= 15 is 0 Å². The topological polar surface area (TPSA) is 95.5 Å². The second-order valence-electron chi connectivity index (χ2n) is 4.27. The number of carbonyl (C=O) groups excluding carboxylic acids is 3. The third-order valence-electron chi connectivity index (χ3n) is 3.30. The third kappa shape index (κ3) is 2.63. The molecule has 0 radical (unpaired) electrons. The third-order valence-corrected chi connectivity index (χ3v) is 3.30. The van der Waals surface area contributed by atoms with E-state index in [1.807, 2.05) is 6.92 Å². The molecule has 4 amide bonds. The fourth-order valence-corrected chi connectivity index (χ4v) is 1.92. The second kappa shape index (κ2) is 5.27. The van der Waals surface area contributed by atoms with Gasteiger partial charge >= 0.3 is 6.03 Å². The zero-order valence-corrected chi connectivity index (χ0v) is 10.1. The predicted octanol–water partition coefficient (Wildman–Crippen LogP) is 0.300. The molecule has 1 aliphatic heterocycles. The molecule has 1 heterocycles. The lowest BCUT2D eigenvalue weighted by molar-refractivity contribution is -0.145. The monoisotopic (exact) mass is 242 g/mol. The van der Waals surface area contributed by atoms with Crippen molar-refractivity contribution in [3.05, 3.63) is 0 Å². The average molecular weight is 242 g/mol. The summed E-state index contributed by atoms with van der Waals surface area (Å²) in [6.07, 6.45) is 0.941. The number of imide groups is 2. The number of amides is 4. The van der Waals surface area contributed by atoms with Gasteiger partial charge in [0.25, 0.3) is 0 Å². The Morgan fingerprint density at radius 1 is 1.18 bits per heavy atom. The lowest BCUT2D eigenvalue weighted by Crippen LogP contribution is -2.62. The SMILES string of the molecule is CCC(O)CCC1(CC)C(=O)NC(=O)NC1=O. The van der Waals surface area contributed by atoms with Gasteiger partial charge in [0.15, 0.2) is 0 Å². The summed E-state index contributed by atoms with van der Waals surface area (Å²) in [5.41, 5.74) is -1.23. The molecule has 1 fully saturated rings. The van der Waals surface area contributed by atoms with Gasteiger partial charge in [-0.3, -0.25) is 20.2 Å². The molecule has 1 unspecified atom stereocenters. The number of barbiturate groups is 1. The number of rotatable bonds is 5. The molecule has 3 N–H and O–H groups in total. The minimum absolute atomic E-state index is 0.240. The predicted molar refractivity (Wildman–Crippen MR) is 59.9 cm³/mol. The summed E-state index contributed by atoms with van der Waals surface area (Å²) in [6, 6.07) is -0.778. The van der Waals surface area contributed by atoms with Gasteiger partial charge in [-0.1, -0.05) is 13.8 Å². The van der Waals surface area contributed by atoms with Gasteiger partial charge < -0.3 is 5.11 Å². The van der Waals surface area contributed by atoms with E-state index in [2.05, 4.69) is 10.6 Å². The lowest BCUT2D eigenvalue weighted by Gasteiger charge is -2.33. The van der Waals surface area contributed by atoms with Crippen molar-refractivity contribution >= 4 is 17.8 Å². The largest absolute Gasteiger partial charge is 0.393 e. The molecule has 0 aliphatic carbocycles. The lowest BCUT2D eigenvalue weighted by atomic mass is 9.77. The second-order valence-corrected chi connectivity index (χ2v) is 4.27. The molecule has 6 nitrogen and oxygen atoms in total. The molecule has 0 bridgehead atoms. The maximum atomic E-state index is 11.8. The number of urea groups is 1. The molecular formula is C11H18N2O4. The van der Waals surface area contributed by atoms with Crippen LogP contribution in [0.5, 0.6) is 0 Å². The zero-order chi connectivity index (χ0) is 13.1. The first-order chi connectivity index (χ1) is 7.96. The molecule has 0 spiro atoms. The highest BCUT2D eigenvalue weighted by Crippen LogP contribution is 2.31. The molecule has 6 heteroatoms. The summed E-state index contributed by atoms with van der Waals surface area (Å²) in [6.45, 7) is 3.54. The molecule has 0 aromatic heterocycles. The molecule has 17 heavy (non-hydrogen) atoms. The molecule has 0 aromatic carbocycles. The van der Waals surface area contributed by atoms with Gasteiger partial charge in [0.05, 0.1) is 6.10 Å². The minimum Gasteiger partial charge on any atom is -0.393 e. The normalized spacial score (nSPS) is 20.8. The number of aliphatic hydroxyl groups is 1. The van der Waals surface area contributed by atoms with Crippen LogP contribution in [0.4, 0.5) is 4.79 Å². The summed E-state index contributed by atoms with van der Waals surface area (Å²) >= 11 is 0. The summed E-state index contributed by atoms with van der Waals surface area (Å²) in [5, 5.41) is 13.7. The van der Waals surface area contributed by atoms with Gasteiger partial charge in [0.2, 0.25) is 11.8 Å². The first kappa shape index (κ1) is 13.6. The molecule has 0 aromatic rings. The first-order valence-electron chi connectivity index (χ1n) is 5.81. The van der Waals surface area contributed by atoms with E-state index in [9.17, 15) is 19.5 Å². The standard InChI is InChI=1S/C11H18N2O4/c1-3-7(14)5-6-11(4-2)8(15)12-10(17)13-9(11)16/h7,14H,3-6H2,1-2H3,(H2,12,13,15,16,17). The maximum Gasteiger partial charge on any atom is 0.328 e. The number of aliphatic hydroxyl groups excluding tert-OH is 1. The van der Waals surface area contributed by atoms with Crippen molar-refractivity contribution in [2.24, 2.45) is 5.41 Å². The quantitative estimate of drug-likeness (QED) is 0.604. The summed E-state index contributed by atoms with van der Waals surface area (Å²) < 4.78 is 0. The fraction of sp³-hybridized carbons (Fsp3) is 0.727. The van der Waals surface area contributed by atoms with E-state index in [0.29, 0.717) is 19.3 Å². The molecule has 96 valence electrons.